The van der Waals surface area contributed by atoms with Gasteiger partial charge in [0.15, 0.2) is 0 Å². The van der Waals surface area contributed by atoms with Crippen molar-refractivity contribution in [2.45, 2.75) is 50.6 Å². The first-order valence-electron chi connectivity index (χ1n) is 10.6. The predicted octanol–water partition coefficient (Wildman–Crippen LogP) is 5.28. The Morgan fingerprint density at radius 2 is 1.68 bits per heavy atom. The quantitative estimate of drug-likeness (QED) is 0.540. The lowest BCUT2D eigenvalue weighted by Crippen LogP contribution is -2.48. The zero-order chi connectivity index (χ0) is 22.2. The van der Waals surface area contributed by atoms with Crippen LogP contribution >= 0.6 is 23.2 Å². The van der Waals surface area contributed by atoms with E-state index in [0.717, 1.165) is 31.2 Å². The van der Waals surface area contributed by atoms with Crippen molar-refractivity contribution in [3.8, 4) is 0 Å². The molecule has 0 bridgehead atoms. The standard InChI is InChI=1S/C24H27Cl2FN2O2/c25-16-22(30)29(15-14-17-6-10-19(26)11-7-17)23(18-8-12-20(27)13-9-18)24(31)28-21-4-2-1-3-5-21/h6-13,21,23H,1-5,14-16H2,(H,28,31). The number of halogens is 3. The Morgan fingerprint density at radius 1 is 1.03 bits per heavy atom. The third kappa shape index (κ3) is 6.68. The Morgan fingerprint density at radius 3 is 2.29 bits per heavy atom. The van der Waals surface area contributed by atoms with E-state index in [4.69, 9.17) is 23.2 Å². The molecule has 1 N–H and O–H groups in total. The maximum atomic E-state index is 13.5. The third-order valence-corrected chi connectivity index (χ3v) is 6.17. The van der Waals surface area contributed by atoms with Gasteiger partial charge >= 0.3 is 0 Å². The summed E-state index contributed by atoms with van der Waals surface area (Å²) in [7, 11) is 0. The molecule has 2 aromatic rings. The van der Waals surface area contributed by atoms with E-state index in [0.29, 0.717) is 23.6 Å². The number of nitrogens with zero attached hydrogens (tertiary/aromatic N) is 1. The van der Waals surface area contributed by atoms with Crippen LogP contribution in [0.3, 0.4) is 0 Å². The minimum Gasteiger partial charge on any atom is -0.351 e. The molecule has 1 aliphatic carbocycles. The molecule has 3 rings (SSSR count). The number of benzene rings is 2. The van der Waals surface area contributed by atoms with Crippen molar-refractivity contribution in [3.05, 3.63) is 70.5 Å². The van der Waals surface area contributed by atoms with Gasteiger partial charge in [-0.3, -0.25) is 9.59 Å². The summed E-state index contributed by atoms with van der Waals surface area (Å²) in [6.07, 6.45) is 5.71. The Hall–Kier alpha value is -2.11. The lowest BCUT2D eigenvalue weighted by atomic mass is 9.94. The van der Waals surface area contributed by atoms with Crippen molar-refractivity contribution in [2.75, 3.05) is 12.4 Å². The van der Waals surface area contributed by atoms with Crippen LogP contribution in [-0.2, 0) is 16.0 Å². The Kier molecular flexibility index (Phi) is 8.73. The van der Waals surface area contributed by atoms with E-state index in [9.17, 15) is 14.0 Å². The normalized spacial score (nSPS) is 15.3. The van der Waals surface area contributed by atoms with Crippen LogP contribution in [0.15, 0.2) is 48.5 Å². The van der Waals surface area contributed by atoms with Gasteiger partial charge in [0.1, 0.15) is 17.7 Å². The highest BCUT2D eigenvalue weighted by atomic mass is 35.5. The van der Waals surface area contributed by atoms with E-state index in [1.54, 1.807) is 24.3 Å². The summed E-state index contributed by atoms with van der Waals surface area (Å²) < 4.78 is 13.5. The summed E-state index contributed by atoms with van der Waals surface area (Å²) in [5, 5.41) is 3.74. The molecule has 31 heavy (non-hydrogen) atoms. The average molecular weight is 465 g/mol. The summed E-state index contributed by atoms with van der Waals surface area (Å²) in [6, 6.07) is 12.3. The van der Waals surface area contributed by atoms with E-state index in [1.165, 1.54) is 23.5 Å². The van der Waals surface area contributed by atoms with E-state index in [2.05, 4.69) is 5.32 Å². The maximum absolute atomic E-state index is 13.5. The minimum atomic E-state index is -0.874. The molecule has 2 aromatic carbocycles. The zero-order valence-electron chi connectivity index (χ0n) is 17.3. The molecule has 1 aliphatic rings. The molecule has 0 radical (unpaired) electrons. The molecular weight excluding hydrogens is 438 g/mol. The van der Waals surface area contributed by atoms with Crippen molar-refractivity contribution in [2.24, 2.45) is 0 Å². The maximum Gasteiger partial charge on any atom is 0.247 e. The lowest BCUT2D eigenvalue weighted by Gasteiger charge is -2.33. The van der Waals surface area contributed by atoms with E-state index in [-0.39, 0.29) is 23.7 Å². The Balaban J connectivity index is 1.85. The van der Waals surface area contributed by atoms with Crippen LogP contribution in [0.5, 0.6) is 0 Å². The number of carbonyl (C=O) groups excluding carboxylic acids is 2. The third-order valence-electron chi connectivity index (χ3n) is 5.69. The van der Waals surface area contributed by atoms with Gasteiger partial charge < -0.3 is 10.2 Å². The van der Waals surface area contributed by atoms with Crippen LogP contribution in [0, 0.1) is 5.82 Å². The second-order valence-electron chi connectivity index (χ2n) is 7.89. The van der Waals surface area contributed by atoms with Crippen LogP contribution in [0.2, 0.25) is 5.02 Å². The second kappa shape index (κ2) is 11.5. The van der Waals surface area contributed by atoms with Gasteiger partial charge in [-0.15, -0.1) is 11.6 Å². The summed E-state index contributed by atoms with van der Waals surface area (Å²) >= 11 is 11.9. The monoisotopic (exact) mass is 464 g/mol. The molecule has 1 saturated carbocycles. The number of carbonyl (C=O) groups is 2. The molecule has 0 spiro atoms. The second-order valence-corrected chi connectivity index (χ2v) is 8.60. The highest BCUT2D eigenvalue weighted by Gasteiger charge is 2.32. The summed E-state index contributed by atoms with van der Waals surface area (Å²) in [5.41, 5.74) is 1.55. The van der Waals surface area contributed by atoms with Crippen LogP contribution in [-0.4, -0.2) is 35.2 Å². The molecule has 4 nitrogen and oxygen atoms in total. The van der Waals surface area contributed by atoms with Crippen LogP contribution in [0.1, 0.15) is 49.3 Å². The fourth-order valence-corrected chi connectivity index (χ4v) is 4.30. The van der Waals surface area contributed by atoms with Crippen molar-refractivity contribution in [3.63, 3.8) is 0 Å². The average Bonchev–Trinajstić information content (AvgIpc) is 2.78. The van der Waals surface area contributed by atoms with Gasteiger partial charge in [-0.2, -0.15) is 0 Å². The number of rotatable bonds is 8. The van der Waals surface area contributed by atoms with Crippen LogP contribution in [0.4, 0.5) is 4.39 Å². The van der Waals surface area contributed by atoms with Crippen molar-refractivity contribution in [1.29, 1.82) is 0 Å². The van der Waals surface area contributed by atoms with Crippen molar-refractivity contribution >= 4 is 35.0 Å². The number of hydrogen-bond acceptors (Lipinski definition) is 2. The first-order chi connectivity index (χ1) is 15.0. The van der Waals surface area contributed by atoms with Crippen molar-refractivity contribution < 1.29 is 14.0 Å². The number of alkyl halides is 1. The van der Waals surface area contributed by atoms with Gasteiger partial charge in [0, 0.05) is 17.6 Å². The predicted molar refractivity (Wildman–Crippen MR) is 122 cm³/mol. The summed E-state index contributed by atoms with van der Waals surface area (Å²) in [5.74, 6) is -1.24. The topological polar surface area (TPSA) is 49.4 Å². The number of nitrogens with one attached hydrogen (secondary N) is 1. The molecular formula is C24H27Cl2FN2O2. The van der Waals surface area contributed by atoms with E-state index >= 15 is 0 Å². The van der Waals surface area contributed by atoms with Crippen LogP contribution in [0.25, 0.3) is 0 Å². The fraction of sp³-hybridized carbons (Fsp3) is 0.417. The highest BCUT2D eigenvalue weighted by Crippen LogP contribution is 2.25. The summed E-state index contributed by atoms with van der Waals surface area (Å²) in [4.78, 5) is 27.6. The molecule has 7 heteroatoms. The SMILES string of the molecule is O=C(NC1CCCCC1)C(c1ccc(F)cc1)N(CCc1ccc(Cl)cc1)C(=O)CCl. The molecule has 0 heterocycles. The molecule has 0 saturated heterocycles. The molecule has 1 fully saturated rings. The fourth-order valence-electron chi connectivity index (χ4n) is 4.02. The van der Waals surface area contributed by atoms with Crippen molar-refractivity contribution in [1.82, 2.24) is 10.2 Å². The molecule has 166 valence electrons. The molecule has 0 aliphatic heterocycles. The largest absolute Gasteiger partial charge is 0.351 e. The first-order valence-corrected chi connectivity index (χ1v) is 11.5. The molecule has 1 unspecified atom stereocenters. The molecule has 2 amide bonds. The van der Waals surface area contributed by atoms with Gasteiger partial charge in [-0.25, -0.2) is 4.39 Å². The highest BCUT2D eigenvalue weighted by molar-refractivity contribution is 6.30. The van der Waals surface area contributed by atoms with Gasteiger partial charge in [-0.05, 0) is 54.7 Å². The lowest BCUT2D eigenvalue weighted by molar-refractivity contribution is -0.139. The Labute approximate surface area is 192 Å². The molecule has 1 atom stereocenters. The zero-order valence-corrected chi connectivity index (χ0v) is 18.8. The van der Waals surface area contributed by atoms with E-state index < -0.39 is 11.9 Å². The van der Waals surface area contributed by atoms with Gasteiger partial charge in [0.25, 0.3) is 0 Å². The van der Waals surface area contributed by atoms with E-state index in [1.807, 2.05) is 12.1 Å². The van der Waals surface area contributed by atoms with Gasteiger partial charge in [0.05, 0.1) is 0 Å². The smallest absolute Gasteiger partial charge is 0.247 e. The van der Waals surface area contributed by atoms with Gasteiger partial charge in [0.2, 0.25) is 11.8 Å². The summed E-state index contributed by atoms with van der Waals surface area (Å²) in [6.45, 7) is 0.299. The molecule has 0 aromatic heterocycles. The Bertz CT molecular complexity index is 868. The van der Waals surface area contributed by atoms with Crippen LogP contribution < -0.4 is 5.32 Å². The number of amides is 2. The van der Waals surface area contributed by atoms with Gasteiger partial charge in [-0.1, -0.05) is 55.1 Å². The minimum absolute atomic E-state index is 0.0911. The number of hydrogen-bond donors (Lipinski definition) is 1. The first kappa shape index (κ1) is 23.6.